The van der Waals surface area contributed by atoms with Crippen LogP contribution in [0.15, 0.2) is 0 Å². The molecule has 0 rings (SSSR count). The molecule has 0 aromatic heterocycles. The average Bonchev–Trinajstić information content (AvgIpc) is 1.38. The normalized spacial score (nSPS) is 6.80. The summed E-state index contributed by atoms with van der Waals surface area (Å²) in [5.41, 5.74) is 0. The third-order valence-corrected chi connectivity index (χ3v) is 0.862. The van der Waals surface area contributed by atoms with Crippen LogP contribution in [0, 0.1) is 0 Å². The molecular formula is C2H4O2Te. The quantitative estimate of drug-likeness (QED) is 0.472. The van der Waals surface area contributed by atoms with E-state index in [2.05, 4.69) is 3.10 Å². The summed E-state index contributed by atoms with van der Waals surface area (Å²) >= 11 is 1.05. The predicted octanol–water partition coefficient (Wildman–Crippen LogP) is -0.635. The summed E-state index contributed by atoms with van der Waals surface area (Å²) in [6.07, 6.45) is 0. The van der Waals surface area contributed by atoms with Crippen molar-refractivity contribution in [3.05, 3.63) is 0 Å². The van der Waals surface area contributed by atoms with E-state index < -0.39 is 0 Å². The van der Waals surface area contributed by atoms with E-state index >= 15 is 0 Å². The van der Waals surface area contributed by atoms with E-state index in [1.54, 1.807) is 0 Å². The molecule has 0 saturated heterocycles. The Morgan fingerprint density at radius 1 is 2.00 bits per heavy atom. The summed E-state index contributed by atoms with van der Waals surface area (Å²) in [5.74, 6) is -0.223. The summed E-state index contributed by atoms with van der Waals surface area (Å²) in [6.45, 7) is 1.37. The molecule has 0 aliphatic heterocycles. The zero-order valence-corrected chi connectivity index (χ0v) is 5.32. The molecule has 3 heteroatoms. The number of carbonyl (C=O) groups excluding carboxylic acids is 1. The van der Waals surface area contributed by atoms with Crippen molar-refractivity contribution in [2.24, 2.45) is 0 Å². The molecule has 0 unspecified atom stereocenters. The zero-order valence-electron chi connectivity index (χ0n) is 2.76. The Morgan fingerprint density at radius 2 is 2.20 bits per heavy atom. The minimum atomic E-state index is -0.223. The Morgan fingerprint density at radius 3 is 2.20 bits per heavy atom. The van der Waals surface area contributed by atoms with Crippen molar-refractivity contribution in [2.45, 2.75) is 6.92 Å². The fraction of sp³-hybridized carbons (Fsp3) is 0.500. The monoisotopic (exact) mass is 190 g/mol. The summed E-state index contributed by atoms with van der Waals surface area (Å²) in [6, 6.07) is 0. The van der Waals surface area contributed by atoms with Gasteiger partial charge < -0.3 is 0 Å². The second-order valence-corrected chi connectivity index (χ2v) is 1.10. The first-order valence-electron chi connectivity index (χ1n) is 1.09. The van der Waals surface area contributed by atoms with E-state index in [0.29, 0.717) is 0 Å². The standard InChI is InChI=1S/C2H4O2Te/c1-2(3)4-5/h5H,1H3. The van der Waals surface area contributed by atoms with Crippen LogP contribution in [0.4, 0.5) is 0 Å². The van der Waals surface area contributed by atoms with Gasteiger partial charge in [0.05, 0.1) is 0 Å². The minimum absolute atomic E-state index is 0.223. The van der Waals surface area contributed by atoms with Crippen LogP contribution < -0.4 is 0 Å². The Hall–Kier alpha value is 0.260. The van der Waals surface area contributed by atoms with Gasteiger partial charge in [0.2, 0.25) is 0 Å². The van der Waals surface area contributed by atoms with Gasteiger partial charge in [-0.3, -0.25) is 0 Å². The van der Waals surface area contributed by atoms with Gasteiger partial charge in [0.1, 0.15) is 0 Å². The molecule has 0 spiro atoms. The van der Waals surface area contributed by atoms with Crippen molar-refractivity contribution in [3.63, 3.8) is 0 Å². The number of hydrogen-bond acceptors (Lipinski definition) is 2. The van der Waals surface area contributed by atoms with E-state index in [9.17, 15) is 4.79 Å². The average molecular weight is 188 g/mol. The molecule has 0 N–H and O–H groups in total. The fourth-order valence-electron chi connectivity index (χ4n) is 0. The molecule has 0 aliphatic carbocycles. The maximum absolute atomic E-state index is 9.60. The van der Waals surface area contributed by atoms with Crippen molar-refractivity contribution >= 4 is 28.7 Å². The van der Waals surface area contributed by atoms with Crippen LogP contribution in [0.1, 0.15) is 6.92 Å². The van der Waals surface area contributed by atoms with E-state index in [4.69, 9.17) is 0 Å². The predicted molar refractivity (Wildman–Crippen MR) is 18.9 cm³/mol. The third kappa shape index (κ3) is 4.26. The molecule has 0 aromatic carbocycles. The molecule has 5 heavy (non-hydrogen) atoms. The van der Waals surface area contributed by atoms with Crippen molar-refractivity contribution in [3.8, 4) is 0 Å². The molecule has 2 nitrogen and oxygen atoms in total. The summed E-state index contributed by atoms with van der Waals surface area (Å²) in [5, 5.41) is 0. The van der Waals surface area contributed by atoms with Crippen LogP contribution in [-0.2, 0) is 7.90 Å². The van der Waals surface area contributed by atoms with E-state index in [1.807, 2.05) is 0 Å². The molecule has 0 atom stereocenters. The van der Waals surface area contributed by atoms with Gasteiger partial charge in [-0.1, -0.05) is 0 Å². The summed E-state index contributed by atoms with van der Waals surface area (Å²) in [4.78, 5) is 9.60. The van der Waals surface area contributed by atoms with Crippen molar-refractivity contribution < 1.29 is 7.90 Å². The van der Waals surface area contributed by atoms with Crippen LogP contribution in [0.25, 0.3) is 0 Å². The van der Waals surface area contributed by atoms with Crippen LogP contribution >= 0.6 is 0 Å². The van der Waals surface area contributed by atoms with E-state index in [0.717, 1.165) is 22.7 Å². The van der Waals surface area contributed by atoms with Gasteiger partial charge in [0.25, 0.3) is 0 Å². The van der Waals surface area contributed by atoms with Gasteiger partial charge in [-0.15, -0.1) is 0 Å². The van der Waals surface area contributed by atoms with Crippen LogP contribution in [0.2, 0.25) is 0 Å². The van der Waals surface area contributed by atoms with Crippen LogP contribution in [-0.4, -0.2) is 28.7 Å². The molecule has 0 radical (unpaired) electrons. The number of rotatable bonds is 0. The number of hydrogen-bond donors (Lipinski definition) is 0. The van der Waals surface area contributed by atoms with Gasteiger partial charge >= 0.3 is 43.5 Å². The van der Waals surface area contributed by atoms with Crippen LogP contribution in [0.3, 0.4) is 0 Å². The SMILES string of the molecule is CC(=O)O[TeH]. The van der Waals surface area contributed by atoms with Crippen molar-refractivity contribution in [2.75, 3.05) is 0 Å². The maximum atomic E-state index is 9.60. The first-order valence-corrected chi connectivity index (χ1v) is 2.13. The van der Waals surface area contributed by atoms with Gasteiger partial charge in [-0.05, 0) is 0 Å². The molecule has 0 aliphatic rings. The van der Waals surface area contributed by atoms with Crippen molar-refractivity contribution in [1.82, 2.24) is 0 Å². The Balaban J connectivity index is 2.85. The molecular weight excluding hydrogens is 184 g/mol. The molecule has 0 saturated carbocycles. The fourth-order valence-corrected chi connectivity index (χ4v) is 0. The summed E-state index contributed by atoms with van der Waals surface area (Å²) < 4.78 is 4.16. The van der Waals surface area contributed by atoms with Gasteiger partial charge in [0, 0.05) is 0 Å². The Bertz CT molecular complexity index is 42.9. The van der Waals surface area contributed by atoms with Crippen LogP contribution in [0.5, 0.6) is 0 Å². The second-order valence-electron chi connectivity index (χ2n) is 0.583. The molecule has 0 amide bonds. The molecule has 0 aromatic rings. The second kappa shape index (κ2) is 2.49. The molecule has 30 valence electrons. The molecule has 0 bridgehead atoms. The van der Waals surface area contributed by atoms with Gasteiger partial charge in [-0.25, -0.2) is 0 Å². The zero-order chi connectivity index (χ0) is 4.28. The van der Waals surface area contributed by atoms with Crippen molar-refractivity contribution in [1.29, 1.82) is 0 Å². The molecule has 0 fully saturated rings. The first kappa shape index (κ1) is 5.26. The van der Waals surface area contributed by atoms with Gasteiger partial charge in [-0.2, -0.15) is 0 Å². The third-order valence-electron chi connectivity index (χ3n) is 0.129. The molecule has 0 heterocycles. The first-order chi connectivity index (χ1) is 2.27. The summed E-state index contributed by atoms with van der Waals surface area (Å²) in [7, 11) is 0. The van der Waals surface area contributed by atoms with E-state index in [1.165, 1.54) is 6.92 Å². The Labute approximate surface area is 43.9 Å². The topological polar surface area (TPSA) is 26.3 Å². The number of carbonyl (C=O) groups is 1. The van der Waals surface area contributed by atoms with E-state index in [-0.39, 0.29) is 5.97 Å². The Kier molecular flexibility index (Phi) is 2.62. The van der Waals surface area contributed by atoms with Gasteiger partial charge in [0.15, 0.2) is 0 Å².